The summed E-state index contributed by atoms with van der Waals surface area (Å²) in [5, 5.41) is 10.7. The third-order valence-electron chi connectivity index (χ3n) is 1.69. The summed E-state index contributed by atoms with van der Waals surface area (Å²) in [7, 11) is -3.78. The van der Waals surface area contributed by atoms with Crippen LogP contribution in [0.4, 0.5) is 5.69 Å². The van der Waals surface area contributed by atoms with Crippen molar-refractivity contribution in [1.29, 1.82) is 0 Å². The Bertz CT molecular complexity index is 519. The number of pyridine rings is 1. The topological polar surface area (TPSA) is 90.2 Å². The van der Waals surface area contributed by atoms with Crippen molar-refractivity contribution in [1.82, 2.24) is 4.98 Å². The van der Waals surface area contributed by atoms with Crippen LogP contribution in [0.2, 0.25) is 0 Å². The summed E-state index contributed by atoms with van der Waals surface area (Å²) in [6.45, 7) is 0. The van der Waals surface area contributed by atoms with Gasteiger partial charge < -0.3 is 0 Å². The molecule has 0 aliphatic heterocycles. The molecule has 16 heavy (non-hydrogen) atoms. The van der Waals surface area contributed by atoms with Gasteiger partial charge in [-0.1, -0.05) is 0 Å². The Balaban J connectivity index is 3.48. The molecule has 0 radical (unpaired) electrons. The molecule has 0 saturated heterocycles. The molecule has 0 saturated carbocycles. The van der Waals surface area contributed by atoms with E-state index in [-0.39, 0.29) is 21.0 Å². The number of halogens is 2. The molecule has 0 aromatic carbocycles. The average Bonchev–Trinajstić information content (AvgIpc) is 2.16. The van der Waals surface area contributed by atoms with Gasteiger partial charge in [-0.05, 0) is 15.9 Å². The van der Waals surface area contributed by atoms with Gasteiger partial charge in [0.15, 0.2) is 14.7 Å². The van der Waals surface area contributed by atoms with Gasteiger partial charge in [-0.2, -0.15) is 0 Å². The molecule has 0 unspecified atom stereocenters. The summed E-state index contributed by atoms with van der Waals surface area (Å²) in [4.78, 5) is 13.1. The molecule has 0 bridgehead atoms. The number of nitro groups is 1. The first kappa shape index (κ1) is 13.3. The fraction of sp³-hybridized carbons (Fsp3) is 0.286. The van der Waals surface area contributed by atoms with Crippen molar-refractivity contribution in [3.8, 4) is 0 Å². The Morgan fingerprint density at radius 3 is 2.62 bits per heavy atom. The standard InChI is InChI=1S/C7H6BrClN2O4S/c8-5-3-10-4-6(11(12)13)7(5)16(14,15)2-1-9/h3-4H,1-2H2. The maximum atomic E-state index is 11.7. The molecule has 1 rings (SSSR count). The summed E-state index contributed by atoms with van der Waals surface area (Å²) in [6.07, 6.45) is 2.08. The van der Waals surface area contributed by atoms with Gasteiger partial charge in [0.2, 0.25) is 0 Å². The van der Waals surface area contributed by atoms with E-state index in [0.29, 0.717) is 0 Å². The van der Waals surface area contributed by atoms with Crippen molar-refractivity contribution in [3.05, 3.63) is 27.0 Å². The SMILES string of the molecule is O=[N+]([O-])c1cncc(Br)c1S(=O)(=O)CCCl. The van der Waals surface area contributed by atoms with Crippen LogP contribution in [0.15, 0.2) is 21.8 Å². The molecule has 88 valence electrons. The van der Waals surface area contributed by atoms with E-state index in [9.17, 15) is 18.5 Å². The molecule has 0 fully saturated rings. The molecule has 1 aromatic heterocycles. The zero-order chi connectivity index (χ0) is 12.3. The van der Waals surface area contributed by atoms with E-state index >= 15 is 0 Å². The lowest BCUT2D eigenvalue weighted by atomic mass is 10.4. The lowest BCUT2D eigenvalue weighted by Gasteiger charge is -2.04. The number of aromatic nitrogens is 1. The van der Waals surface area contributed by atoms with Gasteiger partial charge in [-0.25, -0.2) is 8.42 Å². The number of alkyl halides is 1. The van der Waals surface area contributed by atoms with Crippen molar-refractivity contribution in [2.75, 3.05) is 11.6 Å². The van der Waals surface area contributed by atoms with Gasteiger partial charge in [0.25, 0.3) is 0 Å². The molecule has 0 atom stereocenters. The number of sulfone groups is 1. The van der Waals surface area contributed by atoms with Crippen molar-refractivity contribution >= 4 is 43.1 Å². The summed E-state index contributed by atoms with van der Waals surface area (Å²) in [6, 6.07) is 0. The Hall–Kier alpha value is -0.730. The molecular formula is C7H6BrClN2O4S. The number of hydrogen-bond acceptors (Lipinski definition) is 5. The van der Waals surface area contributed by atoms with Crippen LogP contribution in [0.5, 0.6) is 0 Å². The molecule has 0 aliphatic carbocycles. The first-order chi connectivity index (χ1) is 7.40. The molecule has 0 amide bonds. The van der Waals surface area contributed by atoms with Crippen LogP contribution in [-0.4, -0.2) is 30.0 Å². The Labute approximate surface area is 105 Å². The molecule has 0 aliphatic rings. The maximum absolute atomic E-state index is 11.7. The van der Waals surface area contributed by atoms with Gasteiger partial charge in [-0.15, -0.1) is 11.6 Å². The summed E-state index contributed by atoms with van der Waals surface area (Å²) in [5.74, 6) is -0.494. The van der Waals surface area contributed by atoms with E-state index in [0.717, 1.165) is 6.20 Å². The van der Waals surface area contributed by atoms with Crippen LogP contribution >= 0.6 is 27.5 Å². The van der Waals surface area contributed by atoms with Gasteiger partial charge in [0.1, 0.15) is 6.20 Å². The monoisotopic (exact) mass is 328 g/mol. The predicted octanol–water partition coefficient (Wildman–Crippen LogP) is 1.76. The highest BCUT2D eigenvalue weighted by molar-refractivity contribution is 9.10. The quantitative estimate of drug-likeness (QED) is 0.477. The number of hydrogen-bond donors (Lipinski definition) is 0. The highest BCUT2D eigenvalue weighted by atomic mass is 79.9. The summed E-state index contributed by atoms with van der Waals surface area (Å²) >= 11 is 8.27. The average molecular weight is 330 g/mol. The molecule has 0 spiro atoms. The zero-order valence-corrected chi connectivity index (χ0v) is 10.9. The van der Waals surface area contributed by atoms with E-state index in [1.165, 1.54) is 6.20 Å². The lowest BCUT2D eigenvalue weighted by Crippen LogP contribution is -2.11. The van der Waals surface area contributed by atoms with E-state index in [2.05, 4.69) is 20.9 Å². The highest BCUT2D eigenvalue weighted by Crippen LogP contribution is 2.30. The minimum atomic E-state index is -3.78. The zero-order valence-electron chi connectivity index (χ0n) is 7.76. The third kappa shape index (κ3) is 2.69. The van der Waals surface area contributed by atoms with Crippen LogP contribution in [0.3, 0.4) is 0 Å². The van der Waals surface area contributed by atoms with Crippen molar-refractivity contribution in [3.63, 3.8) is 0 Å². The first-order valence-corrected chi connectivity index (χ1v) is 6.94. The van der Waals surface area contributed by atoms with Gasteiger partial charge >= 0.3 is 5.69 Å². The first-order valence-electron chi connectivity index (χ1n) is 3.96. The summed E-state index contributed by atoms with van der Waals surface area (Å²) < 4.78 is 23.5. The number of nitrogens with zero attached hydrogens (tertiary/aromatic N) is 2. The second kappa shape index (κ2) is 5.07. The molecule has 9 heteroatoms. The van der Waals surface area contributed by atoms with Crippen molar-refractivity contribution in [2.24, 2.45) is 0 Å². The van der Waals surface area contributed by atoms with E-state index in [4.69, 9.17) is 11.6 Å². The number of rotatable bonds is 4. The summed E-state index contributed by atoms with van der Waals surface area (Å²) in [5.41, 5.74) is -0.556. The molecule has 6 nitrogen and oxygen atoms in total. The minimum absolute atomic E-state index is 0.0619. The Morgan fingerprint density at radius 2 is 2.12 bits per heavy atom. The normalized spacial score (nSPS) is 11.4. The Kier molecular flexibility index (Phi) is 4.22. The lowest BCUT2D eigenvalue weighted by molar-refractivity contribution is -0.388. The van der Waals surface area contributed by atoms with E-state index in [1.807, 2.05) is 0 Å². The molecular weight excluding hydrogens is 324 g/mol. The highest BCUT2D eigenvalue weighted by Gasteiger charge is 2.28. The van der Waals surface area contributed by atoms with Crippen LogP contribution in [-0.2, 0) is 9.84 Å². The maximum Gasteiger partial charge on any atom is 0.307 e. The van der Waals surface area contributed by atoms with Crippen LogP contribution in [0, 0.1) is 10.1 Å². The second-order valence-corrected chi connectivity index (χ2v) is 6.01. The fourth-order valence-corrected chi connectivity index (χ4v) is 3.93. The van der Waals surface area contributed by atoms with Gasteiger partial charge in [0, 0.05) is 12.1 Å². The van der Waals surface area contributed by atoms with Gasteiger partial charge in [0.05, 0.1) is 15.1 Å². The smallest absolute Gasteiger partial charge is 0.258 e. The second-order valence-electron chi connectivity index (χ2n) is 2.73. The van der Waals surface area contributed by atoms with Gasteiger partial charge in [-0.3, -0.25) is 15.1 Å². The molecule has 0 N–H and O–H groups in total. The Morgan fingerprint density at radius 1 is 1.50 bits per heavy atom. The fourth-order valence-electron chi connectivity index (χ4n) is 1.05. The third-order valence-corrected chi connectivity index (χ3v) is 4.76. The van der Waals surface area contributed by atoms with Crippen LogP contribution < -0.4 is 0 Å². The molecule has 1 heterocycles. The molecule has 1 aromatic rings. The predicted molar refractivity (Wildman–Crippen MR) is 61.4 cm³/mol. The van der Waals surface area contributed by atoms with E-state index < -0.39 is 20.4 Å². The van der Waals surface area contributed by atoms with Crippen LogP contribution in [0.1, 0.15) is 0 Å². The van der Waals surface area contributed by atoms with Crippen molar-refractivity contribution in [2.45, 2.75) is 4.90 Å². The van der Waals surface area contributed by atoms with Crippen molar-refractivity contribution < 1.29 is 13.3 Å². The largest absolute Gasteiger partial charge is 0.307 e. The van der Waals surface area contributed by atoms with E-state index in [1.54, 1.807) is 0 Å². The minimum Gasteiger partial charge on any atom is -0.258 e. The van der Waals surface area contributed by atoms with Crippen LogP contribution in [0.25, 0.3) is 0 Å².